The Kier molecular flexibility index (Phi) is 3.79. The highest BCUT2D eigenvalue weighted by Crippen LogP contribution is 2.48. The summed E-state index contributed by atoms with van der Waals surface area (Å²) in [6.45, 7) is 4.24. The van der Waals surface area contributed by atoms with Crippen LogP contribution in [0.5, 0.6) is 17.2 Å². The minimum absolute atomic E-state index is 0.0841. The van der Waals surface area contributed by atoms with Crippen molar-refractivity contribution in [3.8, 4) is 17.2 Å². The quantitative estimate of drug-likeness (QED) is 0.921. The Labute approximate surface area is 147 Å². The van der Waals surface area contributed by atoms with Gasteiger partial charge in [0, 0.05) is 23.5 Å². The van der Waals surface area contributed by atoms with E-state index in [0.29, 0.717) is 0 Å². The Balaban J connectivity index is 1.79. The van der Waals surface area contributed by atoms with Gasteiger partial charge in [-0.2, -0.15) is 5.10 Å². The molecular formula is C20H22N2O3. The van der Waals surface area contributed by atoms with Crippen LogP contribution in [0.1, 0.15) is 37.4 Å². The number of aromatic hydroxyl groups is 1. The molecule has 2 aromatic rings. The first kappa shape index (κ1) is 15.8. The highest BCUT2D eigenvalue weighted by atomic mass is 16.5. The number of hydrogen-bond donors (Lipinski definition) is 1. The fourth-order valence-corrected chi connectivity index (χ4v) is 3.59. The average Bonchev–Trinajstić information content (AvgIpc) is 3.05. The number of hydrogen-bond acceptors (Lipinski definition) is 5. The molecule has 0 saturated heterocycles. The van der Waals surface area contributed by atoms with Gasteiger partial charge in [0.15, 0.2) is 17.7 Å². The van der Waals surface area contributed by atoms with Crippen molar-refractivity contribution in [1.82, 2.24) is 5.01 Å². The zero-order valence-corrected chi connectivity index (χ0v) is 14.6. The predicted octanol–water partition coefficient (Wildman–Crippen LogP) is 3.93. The standard InChI is InChI=1S/C20H22N2O3/c1-12(2)20-22-16(14-8-6-10-18(24-3)19(14)25-20)11-15(21-22)13-7-4-5-9-17(13)23/h4-10,12,16,20,23H,11H2,1-3H3/t16-,20-/m1/s1. The van der Waals surface area contributed by atoms with Crippen molar-refractivity contribution in [3.05, 3.63) is 53.6 Å². The van der Waals surface area contributed by atoms with Gasteiger partial charge in [-0.3, -0.25) is 0 Å². The van der Waals surface area contributed by atoms with Crippen LogP contribution in [0.15, 0.2) is 47.6 Å². The Morgan fingerprint density at radius 2 is 2.00 bits per heavy atom. The van der Waals surface area contributed by atoms with Crippen LogP contribution in [0.25, 0.3) is 0 Å². The lowest BCUT2D eigenvalue weighted by Gasteiger charge is -2.40. The summed E-state index contributed by atoms with van der Waals surface area (Å²) in [6.07, 6.45) is 0.557. The van der Waals surface area contributed by atoms with E-state index in [-0.39, 0.29) is 23.9 Å². The topological polar surface area (TPSA) is 54.3 Å². The molecule has 2 aliphatic heterocycles. The third kappa shape index (κ3) is 2.51. The SMILES string of the molecule is COc1cccc2c1O[C@H](C(C)C)N1N=C(c3ccccc3O)C[C@H]21. The molecule has 5 heteroatoms. The molecule has 0 aromatic heterocycles. The van der Waals surface area contributed by atoms with E-state index < -0.39 is 0 Å². The highest BCUT2D eigenvalue weighted by Gasteiger charge is 2.42. The summed E-state index contributed by atoms with van der Waals surface area (Å²) in [5, 5.41) is 17.1. The first-order chi connectivity index (χ1) is 12.1. The van der Waals surface area contributed by atoms with Crippen molar-refractivity contribution in [3.63, 3.8) is 0 Å². The maximum atomic E-state index is 10.2. The minimum Gasteiger partial charge on any atom is -0.507 e. The molecule has 0 unspecified atom stereocenters. The molecule has 130 valence electrons. The highest BCUT2D eigenvalue weighted by molar-refractivity contribution is 6.04. The normalized spacial score (nSPS) is 21.4. The number of fused-ring (bicyclic) bond motifs is 3. The molecule has 4 rings (SSSR count). The number of benzene rings is 2. The molecular weight excluding hydrogens is 316 g/mol. The van der Waals surface area contributed by atoms with Gasteiger partial charge >= 0.3 is 0 Å². The molecule has 0 saturated carbocycles. The largest absolute Gasteiger partial charge is 0.507 e. The first-order valence-electron chi connectivity index (χ1n) is 8.58. The molecule has 25 heavy (non-hydrogen) atoms. The number of para-hydroxylation sites is 2. The summed E-state index contributed by atoms with van der Waals surface area (Å²) in [5.41, 5.74) is 2.74. The predicted molar refractivity (Wildman–Crippen MR) is 96.1 cm³/mol. The number of ether oxygens (including phenoxy) is 2. The van der Waals surface area contributed by atoms with Crippen LogP contribution in [0, 0.1) is 5.92 Å². The van der Waals surface area contributed by atoms with E-state index in [1.54, 1.807) is 13.2 Å². The lowest BCUT2D eigenvalue weighted by Crippen LogP contribution is -2.43. The van der Waals surface area contributed by atoms with Gasteiger partial charge in [-0.05, 0) is 18.2 Å². The Hall–Kier alpha value is -2.69. The number of nitrogens with zero attached hydrogens (tertiary/aromatic N) is 2. The smallest absolute Gasteiger partial charge is 0.190 e. The van der Waals surface area contributed by atoms with Crippen LogP contribution in [-0.4, -0.2) is 29.2 Å². The zero-order chi connectivity index (χ0) is 17.6. The molecule has 0 aliphatic carbocycles. The van der Waals surface area contributed by atoms with E-state index >= 15 is 0 Å². The van der Waals surface area contributed by atoms with Crippen LogP contribution in [0.2, 0.25) is 0 Å². The van der Waals surface area contributed by atoms with Gasteiger partial charge in [0.1, 0.15) is 5.75 Å². The van der Waals surface area contributed by atoms with Gasteiger partial charge in [-0.25, -0.2) is 5.01 Å². The summed E-state index contributed by atoms with van der Waals surface area (Å²) in [4.78, 5) is 0. The van der Waals surface area contributed by atoms with Gasteiger partial charge in [0.05, 0.1) is 18.9 Å². The van der Waals surface area contributed by atoms with Crippen molar-refractivity contribution in [1.29, 1.82) is 0 Å². The van der Waals surface area contributed by atoms with Gasteiger partial charge in [0.25, 0.3) is 0 Å². The fraction of sp³-hybridized carbons (Fsp3) is 0.350. The van der Waals surface area contributed by atoms with Crippen LogP contribution in [-0.2, 0) is 0 Å². The lowest BCUT2D eigenvalue weighted by molar-refractivity contribution is -0.0476. The molecule has 0 spiro atoms. The first-order valence-corrected chi connectivity index (χ1v) is 8.58. The summed E-state index contributed by atoms with van der Waals surface area (Å²) >= 11 is 0. The van der Waals surface area contributed by atoms with Crippen molar-refractivity contribution in [2.24, 2.45) is 11.0 Å². The molecule has 5 nitrogen and oxygen atoms in total. The minimum atomic E-state index is -0.169. The Morgan fingerprint density at radius 1 is 1.20 bits per heavy atom. The number of phenols is 1. The summed E-state index contributed by atoms with van der Waals surface area (Å²) < 4.78 is 11.8. The Bertz CT molecular complexity index is 831. The van der Waals surface area contributed by atoms with E-state index in [9.17, 15) is 5.11 Å². The van der Waals surface area contributed by atoms with Crippen LogP contribution in [0.4, 0.5) is 0 Å². The maximum Gasteiger partial charge on any atom is 0.190 e. The number of rotatable bonds is 3. The van der Waals surface area contributed by atoms with E-state index in [1.807, 2.05) is 35.3 Å². The molecule has 2 aromatic carbocycles. The number of methoxy groups -OCH3 is 1. The van der Waals surface area contributed by atoms with E-state index in [2.05, 4.69) is 19.9 Å². The number of phenolic OH excluding ortho intramolecular Hbond substituents is 1. The second kappa shape index (κ2) is 5.99. The van der Waals surface area contributed by atoms with Crippen LogP contribution in [0.3, 0.4) is 0 Å². The van der Waals surface area contributed by atoms with Gasteiger partial charge in [-0.15, -0.1) is 0 Å². The molecule has 2 aliphatic rings. The second-order valence-electron chi connectivity index (χ2n) is 6.79. The molecule has 2 atom stereocenters. The summed E-state index contributed by atoms with van der Waals surface area (Å²) in [7, 11) is 1.66. The molecule has 1 N–H and O–H groups in total. The molecule has 0 fully saturated rings. The lowest BCUT2D eigenvalue weighted by atomic mass is 9.95. The maximum absolute atomic E-state index is 10.2. The van der Waals surface area contributed by atoms with Gasteiger partial charge < -0.3 is 14.6 Å². The average molecular weight is 338 g/mol. The summed E-state index contributed by atoms with van der Waals surface area (Å²) in [6, 6.07) is 13.4. The van der Waals surface area contributed by atoms with Gasteiger partial charge in [-0.1, -0.05) is 38.1 Å². The monoisotopic (exact) mass is 338 g/mol. The van der Waals surface area contributed by atoms with E-state index in [0.717, 1.165) is 34.8 Å². The van der Waals surface area contributed by atoms with Crippen molar-refractivity contribution in [2.45, 2.75) is 32.5 Å². The van der Waals surface area contributed by atoms with Crippen molar-refractivity contribution < 1.29 is 14.6 Å². The zero-order valence-electron chi connectivity index (χ0n) is 14.6. The Morgan fingerprint density at radius 3 is 2.72 bits per heavy atom. The second-order valence-corrected chi connectivity index (χ2v) is 6.79. The van der Waals surface area contributed by atoms with Crippen molar-refractivity contribution in [2.75, 3.05) is 7.11 Å². The number of hydrazone groups is 1. The fourth-order valence-electron chi connectivity index (χ4n) is 3.59. The third-order valence-electron chi connectivity index (χ3n) is 4.82. The third-order valence-corrected chi connectivity index (χ3v) is 4.82. The molecule has 2 heterocycles. The van der Waals surface area contributed by atoms with Crippen molar-refractivity contribution >= 4 is 5.71 Å². The molecule has 0 radical (unpaired) electrons. The van der Waals surface area contributed by atoms with E-state index in [4.69, 9.17) is 14.6 Å². The molecule has 0 amide bonds. The van der Waals surface area contributed by atoms with Crippen LogP contribution < -0.4 is 9.47 Å². The van der Waals surface area contributed by atoms with Crippen LogP contribution >= 0.6 is 0 Å². The van der Waals surface area contributed by atoms with Gasteiger partial charge in [0.2, 0.25) is 0 Å². The summed E-state index contributed by atoms with van der Waals surface area (Å²) in [5.74, 6) is 2.07. The van der Waals surface area contributed by atoms with E-state index in [1.165, 1.54) is 0 Å². The molecule has 0 bridgehead atoms.